The maximum atomic E-state index is 13.2. The molecule has 4 saturated carbocycles. The van der Waals surface area contributed by atoms with E-state index < -0.39 is 0 Å². The summed E-state index contributed by atoms with van der Waals surface area (Å²) in [5.74, 6) is 2.91. The highest BCUT2D eigenvalue weighted by atomic mass is 16.5. The van der Waals surface area contributed by atoms with Gasteiger partial charge < -0.3 is 26.0 Å². The van der Waals surface area contributed by atoms with E-state index in [4.69, 9.17) is 4.74 Å². The Hall–Kier alpha value is -2.61. The molecule has 5 aliphatic rings. The summed E-state index contributed by atoms with van der Waals surface area (Å²) < 4.78 is 5.46. The number of anilines is 2. The first-order valence-electron chi connectivity index (χ1n) is 13.7. The summed E-state index contributed by atoms with van der Waals surface area (Å²) in [6, 6.07) is 6.81. The van der Waals surface area contributed by atoms with Crippen LogP contribution in [-0.2, 0) is 14.3 Å². The van der Waals surface area contributed by atoms with Crippen molar-refractivity contribution < 1.29 is 19.1 Å². The van der Waals surface area contributed by atoms with Crippen LogP contribution in [0.4, 0.5) is 16.2 Å². The molecule has 6 rings (SSSR count). The summed E-state index contributed by atoms with van der Waals surface area (Å²) in [6.07, 6.45) is 9.45. The third-order valence-electron chi connectivity index (χ3n) is 9.07. The van der Waals surface area contributed by atoms with Crippen LogP contribution in [0.5, 0.6) is 0 Å². The van der Waals surface area contributed by atoms with Gasteiger partial charge in [-0.25, -0.2) is 4.79 Å². The molecule has 8 heteroatoms. The molecule has 4 aliphatic carbocycles. The van der Waals surface area contributed by atoms with Gasteiger partial charge in [0, 0.05) is 44.5 Å². The molecule has 1 aliphatic heterocycles. The molecule has 5 fully saturated rings. The Morgan fingerprint density at radius 1 is 0.944 bits per heavy atom. The monoisotopic (exact) mass is 496 g/mol. The highest BCUT2D eigenvalue weighted by Gasteiger charge is 2.57. The van der Waals surface area contributed by atoms with Crippen LogP contribution in [0.1, 0.15) is 64.7 Å². The van der Waals surface area contributed by atoms with Crippen molar-refractivity contribution in [3.05, 3.63) is 24.3 Å². The van der Waals surface area contributed by atoms with E-state index in [0.29, 0.717) is 42.1 Å². The Kier molecular flexibility index (Phi) is 7.51. The van der Waals surface area contributed by atoms with Gasteiger partial charge in [-0.05, 0) is 99.2 Å². The highest BCUT2D eigenvalue weighted by molar-refractivity contribution is 5.92. The van der Waals surface area contributed by atoms with Gasteiger partial charge in [-0.1, -0.05) is 6.07 Å². The van der Waals surface area contributed by atoms with Gasteiger partial charge >= 0.3 is 6.03 Å². The molecule has 0 spiro atoms. The molecule has 36 heavy (non-hydrogen) atoms. The van der Waals surface area contributed by atoms with E-state index in [9.17, 15) is 14.4 Å². The number of benzene rings is 1. The zero-order chi connectivity index (χ0) is 25.1. The van der Waals surface area contributed by atoms with Gasteiger partial charge in [0.25, 0.3) is 0 Å². The van der Waals surface area contributed by atoms with Crippen molar-refractivity contribution in [1.29, 1.82) is 0 Å². The van der Waals surface area contributed by atoms with E-state index in [1.807, 2.05) is 0 Å². The molecule has 0 atom stereocenters. The summed E-state index contributed by atoms with van der Waals surface area (Å²) >= 11 is 0. The Balaban J connectivity index is 1.23. The Morgan fingerprint density at radius 2 is 1.58 bits per heavy atom. The lowest BCUT2D eigenvalue weighted by Gasteiger charge is -2.61. The van der Waals surface area contributed by atoms with Crippen LogP contribution in [0, 0.1) is 29.6 Å². The molecule has 1 aromatic rings. The lowest BCUT2D eigenvalue weighted by molar-refractivity contribution is -0.132. The highest BCUT2D eigenvalue weighted by Crippen LogP contribution is 2.58. The standard InChI is InChI=1S/C28H40N4O4/c1-18(33)30-24-3-2-4-25(16-24)31-27(35)29-17-28(22-12-20-11-21(14-22)15-23(28)13-20)32-26(34)6-5-19-7-9-36-10-8-19/h2-4,16,19-23H,5-15,17H2,1H3,(H,30,33)(H,32,34)(H2,29,31,35). The van der Waals surface area contributed by atoms with E-state index in [2.05, 4.69) is 21.3 Å². The summed E-state index contributed by atoms with van der Waals surface area (Å²) in [6.45, 7) is 3.50. The SMILES string of the molecule is CC(=O)Nc1cccc(NC(=O)NCC2(NC(=O)CCC3CCOCC3)C3CC4CC(C3)CC2C4)c1. The van der Waals surface area contributed by atoms with Gasteiger partial charge in [-0.15, -0.1) is 0 Å². The summed E-state index contributed by atoms with van der Waals surface area (Å²) in [5, 5.41) is 12.2. The van der Waals surface area contributed by atoms with Crippen LogP contribution in [-0.4, -0.2) is 43.1 Å². The van der Waals surface area contributed by atoms with Crippen molar-refractivity contribution in [2.75, 3.05) is 30.4 Å². The van der Waals surface area contributed by atoms with Crippen LogP contribution < -0.4 is 21.3 Å². The number of hydrogen-bond acceptors (Lipinski definition) is 4. The first-order valence-corrected chi connectivity index (χ1v) is 13.7. The van der Waals surface area contributed by atoms with Gasteiger partial charge in [0.1, 0.15) is 0 Å². The van der Waals surface area contributed by atoms with Crippen LogP contribution >= 0.6 is 0 Å². The molecule has 196 valence electrons. The predicted octanol–water partition coefficient (Wildman–Crippen LogP) is 4.28. The minimum absolute atomic E-state index is 0.124. The zero-order valence-corrected chi connectivity index (χ0v) is 21.3. The quantitative estimate of drug-likeness (QED) is 0.431. The van der Waals surface area contributed by atoms with E-state index in [-0.39, 0.29) is 23.4 Å². The minimum Gasteiger partial charge on any atom is -0.381 e. The fourth-order valence-corrected chi connectivity index (χ4v) is 7.53. The minimum atomic E-state index is -0.366. The van der Waals surface area contributed by atoms with Gasteiger partial charge in [-0.2, -0.15) is 0 Å². The topological polar surface area (TPSA) is 109 Å². The molecule has 4 amide bonds. The number of amides is 4. The second-order valence-electron chi connectivity index (χ2n) is 11.6. The number of carbonyl (C=O) groups excluding carboxylic acids is 3. The van der Waals surface area contributed by atoms with Gasteiger partial charge in [-0.3, -0.25) is 9.59 Å². The molecule has 1 heterocycles. The Labute approximate surface area is 213 Å². The maximum absolute atomic E-state index is 13.2. The number of nitrogens with one attached hydrogen (secondary N) is 4. The Morgan fingerprint density at radius 3 is 2.22 bits per heavy atom. The third-order valence-corrected chi connectivity index (χ3v) is 9.07. The smallest absolute Gasteiger partial charge is 0.319 e. The van der Waals surface area contributed by atoms with Gasteiger partial charge in [0.2, 0.25) is 11.8 Å². The van der Waals surface area contributed by atoms with Gasteiger partial charge in [0.05, 0.1) is 5.54 Å². The van der Waals surface area contributed by atoms with Crippen molar-refractivity contribution in [2.45, 2.75) is 70.3 Å². The fraction of sp³-hybridized carbons (Fsp3) is 0.679. The largest absolute Gasteiger partial charge is 0.381 e. The third kappa shape index (κ3) is 5.69. The van der Waals surface area contributed by atoms with Crippen molar-refractivity contribution in [1.82, 2.24) is 10.6 Å². The van der Waals surface area contributed by atoms with E-state index in [1.165, 1.54) is 13.3 Å². The summed E-state index contributed by atoms with van der Waals surface area (Å²) in [5.41, 5.74) is 0.878. The molecule has 4 N–H and O–H groups in total. The fourth-order valence-electron chi connectivity index (χ4n) is 7.53. The van der Waals surface area contributed by atoms with Crippen molar-refractivity contribution >= 4 is 29.2 Å². The number of urea groups is 1. The Bertz CT molecular complexity index is 946. The lowest BCUT2D eigenvalue weighted by Crippen LogP contribution is -2.70. The number of rotatable bonds is 8. The van der Waals surface area contributed by atoms with Crippen LogP contribution in [0.25, 0.3) is 0 Å². The van der Waals surface area contributed by atoms with E-state index in [1.54, 1.807) is 24.3 Å². The number of carbonyl (C=O) groups is 3. The average Bonchev–Trinajstić information content (AvgIpc) is 2.84. The van der Waals surface area contributed by atoms with Crippen molar-refractivity contribution in [3.63, 3.8) is 0 Å². The average molecular weight is 497 g/mol. The van der Waals surface area contributed by atoms with Crippen LogP contribution in [0.3, 0.4) is 0 Å². The maximum Gasteiger partial charge on any atom is 0.319 e. The van der Waals surface area contributed by atoms with Crippen LogP contribution in [0.2, 0.25) is 0 Å². The lowest BCUT2D eigenvalue weighted by atomic mass is 9.48. The molecular formula is C28H40N4O4. The van der Waals surface area contributed by atoms with Crippen LogP contribution in [0.15, 0.2) is 24.3 Å². The molecule has 0 radical (unpaired) electrons. The van der Waals surface area contributed by atoms with Crippen molar-refractivity contribution in [2.24, 2.45) is 29.6 Å². The predicted molar refractivity (Wildman–Crippen MR) is 138 cm³/mol. The second kappa shape index (κ2) is 10.8. The van der Waals surface area contributed by atoms with Gasteiger partial charge in [0.15, 0.2) is 0 Å². The number of hydrogen-bond donors (Lipinski definition) is 4. The first kappa shape index (κ1) is 25.1. The summed E-state index contributed by atoms with van der Waals surface area (Å²) in [4.78, 5) is 37.5. The number of ether oxygens (including phenoxy) is 1. The molecule has 0 aromatic heterocycles. The second-order valence-corrected chi connectivity index (χ2v) is 11.6. The molecule has 8 nitrogen and oxygen atoms in total. The molecular weight excluding hydrogens is 456 g/mol. The molecule has 0 unspecified atom stereocenters. The van der Waals surface area contributed by atoms with E-state index >= 15 is 0 Å². The van der Waals surface area contributed by atoms with Crippen molar-refractivity contribution in [3.8, 4) is 0 Å². The first-order chi connectivity index (χ1) is 17.4. The molecule has 1 aromatic carbocycles. The normalized spacial score (nSPS) is 31.0. The molecule has 4 bridgehead atoms. The summed E-state index contributed by atoms with van der Waals surface area (Å²) in [7, 11) is 0. The molecule has 1 saturated heterocycles. The van der Waals surface area contributed by atoms with E-state index in [0.717, 1.165) is 70.0 Å². The zero-order valence-electron chi connectivity index (χ0n) is 21.3.